The summed E-state index contributed by atoms with van der Waals surface area (Å²) in [5, 5.41) is 0. The number of rotatable bonds is 3. The molecule has 1 aromatic heterocycles. The monoisotopic (exact) mass is 406 g/mol. The molecule has 1 unspecified atom stereocenters. The Kier molecular flexibility index (Phi) is 4.38. The molecule has 0 saturated carbocycles. The highest BCUT2D eigenvalue weighted by atomic mass is 79.9. The molecule has 1 fully saturated rings. The van der Waals surface area contributed by atoms with Gasteiger partial charge < -0.3 is 0 Å². The van der Waals surface area contributed by atoms with Crippen molar-refractivity contribution in [2.45, 2.75) is 23.1 Å². The third kappa shape index (κ3) is 3.03. The lowest BCUT2D eigenvalue weighted by atomic mass is 10.1. The van der Waals surface area contributed by atoms with Crippen molar-refractivity contribution in [3.8, 4) is 0 Å². The molecule has 2 heterocycles. The van der Waals surface area contributed by atoms with Gasteiger partial charge in [-0.15, -0.1) is 0 Å². The lowest BCUT2D eigenvalue weighted by molar-refractivity contribution is 0.397. The Bertz CT molecular complexity index is 763. The zero-order chi connectivity index (χ0) is 15.0. The van der Waals surface area contributed by atoms with Crippen molar-refractivity contribution < 1.29 is 8.42 Å². The fourth-order valence-corrected chi connectivity index (χ4v) is 6.07. The third-order valence-corrected chi connectivity index (χ3v) is 7.41. The molecule has 3 rings (SSSR count). The van der Waals surface area contributed by atoms with Crippen LogP contribution < -0.4 is 0 Å². The van der Waals surface area contributed by atoms with Gasteiger partial charge in [0.05, 0.1) is 12.2 Å². The van der Waals surface area contributed by atoms with Crippen molar-refractivity contribution in [3.63, 3.8) is 0 Å². The van der Waals surface area contributed by atoms with Crippen molar-refractivity contribution in [1.82, 2.24) is 9.29 Å². The molecule has 0 radical (unpaired) electrons. The average Bonchev–Trinajstić information content (AvgIpc) is 3.07. The highest BCUT2D eigenvalue weighted by Gasteiger charge is 2.37. The third-order valence-electron chi connectivity index (χ3n) is 3.46. The largest absolute Gasteiger partial charge is 0.254 e. The van der Waals surface area contributed by atoms with Gasteiger partial charge in [-0.05, 0) is 30.5 Å². The normalized spacial score (nSPS) is 20.0. The fraction of sp³-hybridized carbons (Fsp3) is 0.308. The zero-order valence-electron chi connectivity index (χ0n) is 10.9. The molecule has 1 saturated heterocycles. The maximum absolute atomic E-state index is 12.7. The minimum Gasteiger partial charge on any atom is -0.232 e. The van der Waals surface area contributed by atoms with E-state index in [0.717, 1.165) is 34.2 Å². The Labute approximate surface area is 140 Å². The molecule has 4 nitrogen and oxygen atoms in total. The summed E-state index contributed by atoms with van der Waals surface area (Å²) in [6.07, 6.45) is 3.00. The molecular formula is C13H12BrClN2O2S2. The first-order chi connectivity index (χ1) is 9.98. The molecule has 1 aliphatic rings. The number of halogens is 2. The Morgan fingerprint density at radius 3 is 2.90 bits per heavy atom. The summed E-state index contributed by atoms with van der Waals surface area (Å²) in [5.74, 6) is 0. The van der Waals surface area contributed by atoms with Crippen molar-refractivity contribution in [2.75, 3.05) is 6.54 Å². The number of sulfonamides is 1. The van der Waals surface area contributed by atoms with Crippen LogP contribution in [0.25, 0.3) is 0 Å². The standard InChI is InChI=1S/C13H12BrClN2O2S2/c14-10-4-1-3-9(7-10)11-5-2-6-17(11)21(18,19)12-8-16-13(15)20-12/h1,3-4,7-8,11H,2,5-6H2. The lowest BCUT2D eigenvalue weighted by Crippen LogP contribution is -2.30. The van der Waals surface area contributed by atoms with Gasteiger partial charge in [0, 0.05) is 11.0 Å². The van der Waals surface area contributed by atoms with Crippen molar-refractivity contribution >= 4 is 48.9 Å². The molecule has 0 spiro atoms. The number of benzene rings is 1. The minimum atomic E-state index is -3.54. The molecule has 1 aromatic carbocycles. The van der Waals surface area contributed by atoms with Crippen LogP contribution in [0.5, 0.6) is 0 Å². The van der Waals surface area contributed by atoms with Crippen LogP contribution in [-0.2, 0) is 10.0 Å². The second kappa shape index (κ2) is 5.96. The smallest absolute Gasteiger partial charge is 0.232 e. The Hall–Kier alpha value is -0.470. The molecule has 21 heavy (non-hydrogen) atoms. The topological polar surface area (TPSA) is 50.3 Å². The Morgan fingerprint density at radius 2 is 2.24 bits per heavy atom. The quantitative estimate of drug-likeness (QED) is 0.770. The van der Waals surface area contributed by atoms with E-state index in [2.05, 4.69) is 20.9 Å². The first-order valence-electron chi connectivity index (χ1n) is 6.37. The van der Waals surface area contributed by atoms with E-state index in [1.807, 2.05) is 24.3 Å². The summed E-state index contributed by atoms with van der Waals surface area (Å²) in [7, 11) is -3.54. The van der Waals surface area contributed by atoms with Crippen LogP contribution in [0.2, 0.25) is 4.47 Å². The number of aromatic nitrogens is 1. The van der Waals surface area contributed by atoms with Crippen molar-refractivity contribution in [2.24, 2.45) is 0 Å². The molecule has 1 aliphatic heterocycles. The predicted octanol–water partition coefficient (Wildman–Crippen LogP) is 4.08. The maximum Gasteiger partial charge on any atom is 0.254 e. The van der Waals surface area contributed by atoms with Crippen molar-refractivity contribution in [1.29, 1.82) is 0 Å². The molecule has 0 bridgehead atoms. The van der Waals surface area contributed by atoms with Crippen LogP contribution >= 0.6 is 38.9 Å². The van der Waals surface area contributed by atoms with Crippen LogP contribution in [0.3, 0.4) is 0 Å². The predicted molar refractivity (Wildman–Crippen MR) is 87.1 cm³/mol. The summed E-state index contributed by atoms with van der Waals surface area (Å²) in [6, 6.07) is 7.65. The summed E-state index contributed by atoms with van der Waals surface area (Å²) >= 11 is 10.2. The van der Waals surface area contributed by atoms with Crippen LogP contribution in [0.15, 0.2) is 39.1 Å². The van der Waals surface area contributed by atoms with E-state index in [9.17, 15) is 8.42 Å². The molecule has 0 amide bonds. The van der Waals surface area contributed by atoms with Crippen LogP contribution in [-0.4, -0.2) is 24.3 Å². The zero-order valence-corrected chi connectivity index (χ0v) is 14.8. The van der Waals surface area contributed by atoms with Crippen LogP contribution in [0.4, 0.5) is 0 Å². The SMILES string of the molecule is O=S(=O)(c1cnc(Cl)s1)N1CCCC1c1cccc(Br)c1. The molecule has 2 aromatic rings. The van der Waals surface area contributed by atoms with E-state index in [4.69, 9.17) is 11.6 Å². The highest BCUT2D eigenvalue weighted by molar-refractivity contribution is 9.10. The lowest BCUT2D eigenvalue weighted by Gasteiger charge is -2.23. The van der Waals surface area contributed by atoms with Crippen LogP contribution in [0.1, 0.15) is 24.4 Å². The van der Waals surface area contributed by atoms with E-state index in [-0.39, 0.29) is 14.7 Å². The van der Waals surface area contributed by atoms with E-state index in [1.54, 1.807) is 4.31 Å². The van der Waals surface area contributed by atoms with Gasteiger partial charge in [-0.3, -0.25) is 0 Å². The van der Waals surface area contributed by atoms with E-state index >= 15 is 0 Å². The summed E-state index contributed by atoms with van der Waals surface area (Å²) in [4.78, 5) is 3.84. The first-order valence-corrected chi connectivity index (χ1v) is 9.80. The van der Waals surface area contributed by atoms with Gasteiger partial charge >= 0.3 is 0 Å². The van der Waals surface area contributed by atoms with Crippen LogP contribution in [0, 0.1) is 0 Å². The molecule has 1 atom stereocenters. The molecular weight excluding hydrogens is 396 g/mol. The van der Waals surface area contributed by atoms with Gasteiger partial charge in [0.2, 0.25) is 0 Å². The van der Waals surface area contributed by atoms with Gasteiger partial charge in [-0.2, -0.15) is 4.31 Å². The second-order valence-electron chi connectivity index (χ2n) is 4.76. The summed E-state index contributed by atoms with van der Waals surface area (Å²) in [5.41, 5.74) is 1.00. The minimum absolute atomic E-state index is 0.131. The van der Waals surface area contributed by atoms with E-state index < -0.39 is 10.0 Å². The number of hydrogen-bond acceptors (Lipinski definition) is 4. The van der Waals surface area contributed by atoms with Gasteiger partial charge in [0.25, 0.3) is 10.0 Å². The molecule has 0 N–H and O–H groups in total. The fourth-order valence-electron chi connectivity index (χ4n) is 2.55. The van der Waals surface area contributed by atoms with Gasteiger partial charge in [-0.1, -0.05) is 51.0 Å². The summed E-state index contributed by atoms with van der Waals surface area (Å²) < 4.78 is 28.4. The molecule has 8 heteroatoms. The van der Waals surface area contributed by atoms with Gasteiger partial charge in [-0.25, -0.2) is 13.4 Å². The first kappa shape index (κ1) is 15.4. The highest BCUT2D eigenvalue weighted by Crippen LogP contribution is 2.38. The van der Waals surface area contributed by atoms with Gasteiger partial charge in [0.15, 0.2) is 8.68 Å². The average molecular weight is 408 g/mol. The molecule has 0 aliphatic carbocycles. The van der Waals surface area contributed by atoms with E-state index in [1.165, 1.54) is 6.20 Å². The Balaban J connectivity index is 1.97. The maximum atomic E-state index is 12.7. The molecule has 112 valence electrons. The van der Waals surface area contributed by atoms with Crippen molar-refractivity contribution in [3.05, 3.63) is 45.0 Å². The second-order valence-corrected chi connectivity index (χ2v) is 9.41. The number of nitrogens with zero attached hydrogens (tertiary/aromatic N) is 2. The number of thiazole rings is 1. The number of hydrogen-bond donors (Lipinski definition) is 0. The van der Waals surface area contributed by atoms with E-state index in [0.29, 0.717) is 6.54 Å². The van der Waals surface area contributed by atoms with Gasteiger partial charge in [0.1, 0.15) is 0 Å². The Morgan fingerprint density at radius 1 is 1.43 bits per heavy atom. The summed E-state index contributed by atoms with van der Waals surface area (Å²) in [6.45, 7) is 0.523.